The van der Waals surface area contributed by atoms with Gasteiger partial charge in [0, 0.05) is 6.04 Å². The zero-order chi connectivity index (χ0) is 12.3. The number of likely N-dealkylation sites (tertiary alicyclic amines) is 1. The van der Waals surface area contributed by atoms with Gasteiger partial charge in [-0.3, -0.25) is 0 Å². The summed E-state index contributed by atoms with van der Waals surface area (Å²) in [5.41, 5.74) is 5.32. The van der Waals surface area contributed by atoms with Gasteiger partial charge in [0.25, 0.3) is 0 Å². The number of nitrogen functional groups attached to an aromatic ring is 1. The molecule has 6 heteroatoms. The number of halogens is 1. The van der Waals surface area contributed by atoms with Crippen LogP contribution in [0.25, 0.3) is 0 Å². The Morgan fingerprint density at radius 2 is 2.47 bits per heavy atom. The van der Waals surface area contributed by atoms with Gasteiger partial charge in [0.15, 0.2) is 11.6 Å². The normalized spacial score (nSPS) is 20.7. The molecule has 2 heterocycles. The Hall–Kier alpha value is -1.43. The van der Waals surface area contributed by atoms with E-state index in [0.29, 0.717) is 12.6 Å². The monoisotopic (exact) mass is 240 g/mol. The third kappa shape index (κ3) is 3.03. The summed E-state index contributed by atoms with van der Waals surface area (Å²) in [6.07, 6.45) is 4.39. The van der Waals surface area contributed by atoms with Crippen molar-refractivity contribution in [2.24, 2.45) is 0 Å². The molecule has 1 fully saturated rings. The maximum atomic E-state index is 12.8. The summed E-state index contributed by atoms with van der Waals surface area (Å²) in [5, 5.41) is 0. The number of hydrogen-bond donors (Lipinski definition) is 1. The maximum absolute atomic E-state index is 12.8. The molecule has 0 amide bonds. The molecular weight excluding hydrogens is 223 g/mol. The van der Waals surface area contributed by atoms with E-state index in [0.717, 1.165) is 19.2 Å². The summed E-state index contributed by atoms with van der Waals surface area (Å²) in [5.74, 6) is -0.791. The first-order chi connectivity index (χ1) is 8.16. The van der Waals surface area contributed by atoms with Crippen LogP contribution in [0.4, 0.5) is 10.2 Å². The van der Waals surface area contributed by atoms with Crippen molar-refractivity contribution in [3.63, 3.8) is 0 Å². The van der Waals surface area contributed by atoms with Crippen LogP contribution in [-0.2, 0) is 0 Å². The van der Waals surface area contributed by atoms with Crippen molar-refractivity contribution in [3.05, 3.63) is 12.0 Å². The molecule has 1 aliphatic heterocycles. The van der Waals surface area contributed by atoms with Crippen LogP contribution in [0.15, 0.2) is 6.20 Å². The van der Waals surface area contributed by atoms with Gasteiger partial charge >= 0.3 is 6.01 Å². The molecule has 1 aliphatic rings. The highest BCUT2D eigenvalue weighted by Crippen LogP contribution is 2.18. The van der Waals surface area contributed by atoms with Gasteiger partial charge in [-0.25, -0.2) is 9.37 Å². The van der Waals surface area contributed by atoms with Gasteiger partial charge in [-0.15, -0.1) is 0 Å². The van der Waals surface area contributed by atoms with Crippen LogP contribution in [0.3, 0.4) is 0 Å². The Bertz CT molecular complexity index is 388. The first kappa shape index (κ1) is 12.0. The highest BCUT2D eigenvalue weighted by molar-refractivity contribution is 5.28. The summed E-state index contributed by atoms with van der Waals surface area (Å²) in [6.45, 7) is 1.67. The fourth-order valence-electron chi connectivity index (χ4n) is 2.06. The van der Waals surface area contributed by atoms with E-state index in [4.69, 9.17) is 10.5 Å². The Kier molecular flexibility index (Phi) is 3.73. The summed E-state index contributed by atoms with van der Waals surface area (Å²) in [7, 11) is 2.12. The molecule has 0 aliphatic carbocycles. The number of ether oxygens (including phenoxy) is 1. The molecular formula is C11H17FN4O. The van der Waals surface area contributed by atoms with Crippen molar-refractivity contribution in [1.82, 2.24) is 14.9 Å². The standard InChI is InChI=1S/C11H17FN4O/c1-16-5-2-3-8(16)4-6-17-11-14-7-9(12)10(13)15-11/h7-8H,2-6H2,1H3,(H2,13,14,15). The lowest BCUT2D eigenvalue weighted by Gasteiger charge is -2.18. The number of nitrogens with two attached hydrogens (primary N) is 1. The van der Waals surface area contributed by atoms with E-state index < -0.39 is 5.82 Å². The quantitative estimate of drug-likeness (QED) is 0.852. The fourth-order valence-corrected chi connectivity index (χ4v) is 2.06. The van der Waals surface area contributed by atoms with Crippen LogP contribution in [0.2, 0.25) is 0 Å². The molecule has 0 aromatic carbocycles. The van der Waals surface area contributed by atoms with Crippen molar-refractivity contribution >= 4 is 5.82 Å². The molecule has 1 aromatic rings. The van der Waals surface area contributed by atoms with Gasteiger partial charge in [0.2, 0.25) is 0 Å². The second-order valence-electron chi connectivity index (χ2n) is 4.30. The van der Waals surface area contributed by atoms with Gasteiger partial charge in [0.05, 0.1) is 12.8 Å². The Morgan fingerprint density at radius 1 is 1.65 bits per heavy atom. The van der Waals surface area contributed by atoms with Gasteiger partial charge < -0.3 is 15.4 Å². The van der Waals surface area contributed by atoms with Gasteiger partial charge in [-0.2, -0.15) is 4.98 Å². The molecule has 94 valence electrons. The minimum atomic E-state index is -0.618. The number of nitrogens with zero attached hydrogens (tertiary/aromatic N) is 3. The average Bonchev–Trinajstić information content (AvgIpc) is 2.70. The number of aromatic nitrogens is 2. The van der Waals surface area contributed by atoms with Crippen LogP contribution in [0, 0.1) is 5.82 Å². The van der Waals surface area contributed by atoms with E-state index in [9.17, 15) is 4.39 Å². The van der Waals surface area contributed by atoms with Crippen molar-refractivity contribution in [2.75, 3.05) is 25.9 Å². The summed E-state index contributed by atoms with van der Waals surface area (Å²) in [4.78, 5) is 9.75. The van der Waals surface area contributed by atoms with E-state index in [1.54, 1.807) is 0 Å². The number of hydrogen-bond acceptors (Lipinski definition) is 5. The molecule has 1 saturated heterocycles. The fraction of sp³-hybridized carbons (Fsp3) is 0.636. The molecule has 0 bridgehead atoms. The average molecular weight is 240 g/mol. The highest BCUT2D eigenvalue weighted by Gasteiger charge is 2.20. The third-order valence-electron chi connectivity index (χ3n) is 3.10. The van der Waals surface area contributed by atoms with Crippen LogP contribution >= 0.6 is 0 Å². The van der Waals surface area contributed by atoms with Crippen molar-refractivity contribution in [2.45, 2.75) is 25.3 Å². The smallest absolute Gasteiger partial charge is 0.318 e. The van der Waals surface area contributed by atoms with Crippen molar-refractivity contribution in [1.29, 1.82) is 0 Å². The predicted molar refractivity (Wildman–Crippen MR) is 62.2 cm³/mol. The van der Waals surface area contributed by atoms with Gasteiger partial charge in [0.1, 0.15) is 0 Å². The van der Waals surface area contributed by atoms with Gasteiger partial charge in [-0.1, -0.05) is 0 Å². The van der Waals surface area contributed by atoms with Crippen LogP contribution in [0.1, 0.15) is 19.3 Å². The lowest BCUT2D eigenvalue weighted by molar-refractivity contribution is 0.223. The lowest BCUT2D eigenvalue weighted by Crippen LogP contribution is -2.26. The Morgan fingerprint density at radius 3 is 3.12 bits per heavy atom. The molecule has 1 atom stereocenters. The van der Waals surface area contributed by atoms with Crippen molar-refractivity contribution < 1.29 is 9.13 Å². The SMILES string of the molecule is CN1CCCC1CCOc1ncc(F)c(N)n1. The second kappa shape index (κ2) is 5.27. The Balaban J connectivity index is 1.79. The predicted octanol–water partition coefficient (Wildman–Crippen LogP) is 1.06. The van der Waals surface area contributed by atoms with Crippen LogP contribution in [0.5, 0.6) is 6.01 Å². The number of anilines is 1. The molecule has 17 heavy (non-hydrogen) atoms. The molecule has 0 radical (unpaired) electrons. The van der Waals surface area contributed by atoms with E-state index in [2.05, 4.69) is 21.9 Å². The maximum Gasteiger partial charge on any atom is 0.318 e. The lowest BCUT2D eigenvalue weighted by atomic mass is 10.2. The van der Waals surface area contributed by atoms with E-state index in [1.165, 1.54) is 12.8 Å². The molecule has 0 saturated carbocycles. The zero-order valence-electron chi connectivity index (χ0n) is 9.90. The van der Waals surface area contributed by atoms with E-state index in [1.807, 2.05) is 0 Å². The summed E-state index contributed by atoms with van der Waals surface area (Å²) >= 11 is 0. The van der Waals surface area contributed by atoms with E-state index >= 15 is 0 Å². The molecule has 5 nitrogen and oxygen atoms in total. The van der Waals surface area contributed by atoms with E-state index in [-0.39, 0.29) is 11.8 Å². The molecule has 2 N–H and O–H groups in total. The molecule has 1 aromatic heterocycles. The summed E-state index contributed by atoms with van der Waals surface area (Å²) < 4.78 is 18.2. The second-order valence-corrected chi connectivity index (χ2v) is 4.30. The molecule has 0 spiro atoms. The topological polar surface area (TPSA) is 64.3 Å². The van der Waals surface area contributed by atoms with Crippen LogP contribution in [-0.4, -0.2) is 41.1 Å². The first-order valence-electron chi connectivity index (χ1n) is 5.78. The minimum absolute atomic E-state index is 0.143. The van der Waals surface area contributed by atoms with Crippen molar-refractivity contribution in [3.8, 4) is 6.01 Å². The summed E-state index contributed by atoms with van der Waals surface area (Å²) in [6, 6.07) is 0.706. The molecule has 2 rings (SSSR count). The Labute approximate surface area is 99.8 Å². The van der Waals surface area contributed by atoms with Crippen LogP contribution < -0.4 is 10.5 Å². The first-order valence-corrected chi connectivity index (χ1v) is 5.78. The zero-order valence-corrected chi connectivity index (χ0v) is 9.90. The minimum Gasteiger partial charge on any atom is -0.463 e. The third-order valence-corrected chi connectivity index (χ3v) is 3.10. The molecule has 1 unspecified atom stereocenters. The highest BCUT2D eigenvalue weighted by atomic mass is 19.1. The largest absolute Gasteiger partial charge is 0.463 e. The number of rotatable bonds is 4. The van der Waals surface area contributed by atoms with Gasteiger partial charge in [-0.05, 0) is 32.9 Å².